The Hall–Kier alpha value is -2.88. The molecule has 6 nitrogen and oxygen atoms in total. The lowest BCUT2D eigenvalue weighted by Crippen LogP contribution is -2.08. The van der Waals surface area contributed by atoms with E-state index in [2.05, 4.69) is 19.8 Å². The molecule has 1 N–H and O–H groups in total. The van der Waals surface area contributed by atoms with E-state index >= 15 is 0 Å². The van der Waals surface area contributed by atoms with Gasteiger partial charge in [0.1, 0.15) is 5.69 Å². The molecule has 2 aromatic carbocycles. The van der Waals surface area contributed by atoms with Crippen molar-refractivity contribution in [3.63, 3.8) is 0 Å². The molecule has 0 aliphatic carbocycles. The summed E-state index contributed by atoms with van der Waals surface area (Å²) in [5.74, 6) is -0.995. The summed E-state index contributed by atoms with van der Waals surface area (Å²) >= 11 is 0. The van der Waals surface area contributed by atoms with Crippen molar-refractivity contribution in [3.05, 3.63) is 36.0 Å². The van der Waals surface area contributed by atoms with Crippen molar-refractivity contribution in [2.24, 2.45) is 0 Å². The number of fused-ring (bicyclic) bond motifs is 1. The van der Waals surface area contributed by atoms with Gasteiger partial charge < -0.3 is 14.6 Å². The van der Waals surface area contributed by atoms with E-state index in [1.165, 1.54) is 12.1 Å². The van der Waals surface area contributed by atoms with Crippen molar-refractivity contribution in [2.75, 3.05) is 0 Å². The molecule has 1 heterocycles. The van der Waals surface area contributed by atoms with Crippen LogP contribution in [-0.4, -0.2) is 33.3 Å². The Bertz CT molecular complexity index is 976. The summed E-state index contributed by atoms with van der Waals surface area (Å²) in [5, 5.41) is 18.7. The third kappa shape index (κ3) is 4.01. The monoisotopic (exact) mass is 399 g/mol. The molecule has 0 atom stereocenters. The summed E-state index contributed by atoms with van der Waals surface area (Å²) in [6.45, 7) is -2.91. The molecule has 3 rings (SSSR count). The number of halogens is 4. The molecule has 0 unspecified atom stereocenters. The van der Waals surface area contributed by atoms with E-state index in [-0.39, 0.29) is 12.6 Å². The number of rotatable bonds is 7. The molecule has 3 aromatic rings. The molecule has 1 aromatic heterocycles. The van der Waals surface area contributed by atoms with Crippen molar-refractivity contribution in [1.29, 1.82) is 0 Å². The first-order valence-corrected chi connectivity index (χ1v) is 8.33. The zero-order valence-corrected chi connectivity index (χ0v) is 14.9. The van der Waals surface area contributed by atoms with E-state index in [4.69, 9.17) is 0 Å². The number of ether oxygens (including phenoxy) is 2. The summed E-state index contributed by atoms with van der Waals surface area (Å²) in [7, 11) is 0. The van der Waals surface area contributed by atoms with Crippen LogP contribution in [0, 0.1) is 0 Å². The molecule has 0 saturated carbocycles. The first kappa shape index (κ1) is 19.9. The van der Waals surface area contributed by atoms with Crippen molar-refractivity contribution in [2.45, 2.75) is 39.7 Å². The summed E-state index contributed by atoms with van der Waals surface area (Å²) in [5.41, 5.74) is 1.51. The van der Waals surface area contributed by atoms with Gasteiger partial charge in [0.05, 0.1) is 12.3 Å². The molecule has 0 bridgehead atoms. The second-order valence-corrected chi connectivity index (χ2v) is 6.20. The smallest absolute Gasteiger partial charge is 0.387 e. The van der Waals surface area contributed by atoms with Crippen LogP contribution in [0.15, 0.2) is 30.3 Å². The van der Waals surface area contributed by atoms with E-state index in [1.807, 2.05) is 13.8 Å². The third-order valence-electron chi connectivity index (χ3n) is 4.04. The summed E-state index contributed by atoms with van der Waals surface area (Å²) < 4.78 is 60.6. The zero-order chi connectivity index (χ0) is 20.4. The fourth-order valence-corrected chi connectivity index (χ4v) is 2.88. The number of aliphatic hydroxyl groups excluding tert-OH is 1. The van der Waals surface area contributed by atoms with Crippen LogP contribution in [0.3, 0.4) is 0 Å². The van der Waals surface area contributed by atoms with E-state index in [0.717, 1.165) is 0 Å². The minimum absolute atomic E-state index is 0.0241. The quantitative estimate of drug-likeness (QED) is 0.598. The maximum absolute atomic E-state index is 12.6. The minimum atomic E-state index is -3.20. The molecule has 0 saturated heterocycles. The van der Waals surface area contributed by atoms with Gasteiger partial charge in [-0.25, -0.2) is 4.68 Å². The molecular weight excluding hydrogens is 382 g/mol. The zero-order valence-electron chi connectivity index (χ0n) is 14.9. The molecule has 0 aliphatic heterocycles. The van der Waals surface area contributed by atoms with Crippen LogP contribution < -0.4 is 9.47 Å². The van der Waals surface area contributed by atoms with Gasteiger partial charge in [-0.1, -0.05) is 17.3 Å². The number of aliphatic hydroxyl groups is 1. The first-order chi connectivity index (χ1) is 13.3. The van der Waals surface area contributed by atoms with Crippen LogP contribution in [0.25, 0.3) is 22.0 Å². The highest BCUT2D eigenvalue weighted by atomic mass is 19.3. The standard InChI is InChI=1S/C18H17F4N3O3/c1-9(2)25-13(8-26)16(23-24-25)11-4-3-10-6-14(27-17(19)20)15(28-18(21)22)7-12(10)5-11/h3-7,9,17-18,26H,8H2,1-2H3. The Labute approximate surface area is 157 Å². The van der Waals surface area contributed by atoms with Crippen LogP contribution in [0.1, 0.15) is 25.6 Å². The molecule has 0 amide bonds. The van der Waals surface area contributed by atoms with Crippen molar-refractivity contribution in [1.82, 2.24) is 15.0 Å². The second-order valence-electron chi connectivity index (χ2n) is 6.20. The number of aromatic nitrogens is 3. The highest BCUT2D eigenvalue weighted by Crippen LogP contribution is 2.36. The van der Waals surface area contributed by atoms with Crippen LogP contribution in [-0.2, 0) is 6.61 Å². The number of nitrogens with zero attached hydrogens (tertiary/aromatic N) is 3. The van der Waals surface area contributed by atoms with Crippen LogP contribution >= 0.6 is 0 Å². The number of hydrogen-bond donors (Lipinski definition) is 1. The first-order valence-electron chi connectivity index (χ1n) is 8.33. The number of hydrogen-bond acceptors (Lipinski definition) is 5. The lowest BCUT2D eigenvalue weighted by molar-refractivity contribution is -0.0690. The van der Waals surface area contributed by atoms with Gasteiger partial charge in [-0.3, -0.25) is 0 Å². The average Bonchev–Trinajstić information content (AvgIpc) is 3.05. The number of alkyl halides is 4. The fourth-order valence-electron chi connectivity index (χ4n) is 2.88. The summed E-state index contributed by atoms with van der Waals surface area (Å²) in [6, 6.07) is 7.24. The Morgan fingerprint density at radius 2 is 1.57 bits per heavy atom. The Morgan fingerprint density at radius 1 is 0.964 bits per heavy atom. The van der Waals surface area contributed by atoms with Gasteiger partial charge in [-0.15, -0.1) is 5.10 Å². The van der Waals surface area contributed by atoms with Crippen molar-refractivity contribution >= 4 is 10.8 Å². The van der Waals surface area contributed by atoms with E-state index in [9.17, 15) is 22.7 Å². The molecule has 0 aliphatic rings. The normalized spacial score (nSPS) is 11.8. The molecule has 0 radical (unpaired) electrons. The molecule has 28 heavy (non-hydrogen) atoms. The minimum Gasteiger partial charge on any atom is -0.431 e. The second kappa shape index (κ2) is 8.01. The SMILES string of the molecule is CC(C)n1nnc(-c2ccc3cc(OC(F)F)c(OC(F)F)cc3c2)c1CO. The summed E-state index contributed by atoms with van der Waals surface area (Å²) in [4.78, 5) is 0. The van der Waals surface area contributed by atoms with Gasteiger partial charge in [0, 0.05) is 11.6 Å². The lowest BCUT2D eigenvalue weighted by Gasteiger charge is -2.13. The maximum atomic E-state index is 12.6. The molecular formula is C18H17F4N3O3. The highest BCUT2D eigenvalue weighted by molar-refractivity contribution is 5.89. The third-order valence-corrected chi connectivity index (χ3v) is 4.04. The molecule has 0 spiro atoms. The van der Waals surface area contributed by atoms with Gasteiger partial charge in [0.25, 0.3) is 0 Å². The van der Waals surface area contributed by atoms with Crippen molar-refractivity contribution < 1.29 is 32.1 Å². The Morgan fingerprint density at radius 3 is 2.11 bits per heavy atom. The van der Waals surface area contributed by atoms with E-state index < -0.39 is 24.7 Å². The van der Waals surface area contributed by atoms with E-state index in [1.54, 1.807) is 22.9 Å². The van der Waals surface area contributed by atoms with E-state index in [0.29, 0.717) is 27.7 Å². The summed E-state index contributed by atoms with van der Waals surface area (Å²) in [6.07, 6.45) is 0. The van der Waals surface area contributed by atoms with Gasteiger partial charge in [0.2, 0.25) is 0 Å². The van der Waals surface area contributed by atoms with Crippen molar-refractivity contribution in [3.8, 4) is 22.8 Å². The number of benzene rings is 2. The largest absolute Gasteiger partial charge is 0.431 e. The Balaban J connectivity index is 2.10. The van der Waals surface area contributed by atoms with Gasteiger partial charge >= 0.3 is 13.2 Å². The van der Waals surface area contributed by atoms with Crippen LogP contribution in [0.4, 0.5) is 17.6 Å². The Kier molecular flexibility index (Phi) is 5.68. The van der Waals surface area contributed by atoms with Gasteiger partial charge in [0.15, 0.2) is 11.5 Å². The van der Waals surface area contributed by atoms with Crippen LogP contribution in [0.2, 0.25) is 0 Å². The topological polar surface area (TPSA) is 69.4 Å². The molecule has 10 heteroatoms. The molecule has 150 valence electrons. The maximum Gasteiger partial charge on any atom is 0.387 e. The predicted octanol–water partition coefficient (Wildman–Crippen LogP) is 4.37. The predicted molar refractivity (Wildman–Crippen MR) is 92.5 cm³/mol. The van der Waals surface area contributed by atoms with Gasteiger partial charge in [-0.05, 0) is 42.8 Å². The average molecular weight is 399 g/mol. The fraction of sp³-hybridized carbons (Fsp3) is 0.333. The van der Waals surface area contributed by atoms with Gasteiger partial charge in [-0.2, -0.15) is 17.6 Å². The lowest BCUT2D eigenvalue weighted by atomic mass is 10.0. The highest BCUT2D eigenvalue weighted by Gasteiger charge is 2.19. The van der Waals surface area contributed by atoms with Crippen LogP contribution in [0.5, 0.6) is 11.5 Å². The molecule has 0 fully saturated rings.